The Kier molecular flexibility index (Phi) is 2.66. The number of anilines is 1. The first-order chi connectivity index (χ1) is 9.99. The summed E-state index contributed by atoms with van der Waals surface area (Å²) in [4.78, 5) is 26.4. The van der Waals surface area contributed by atoms with Crippen LogP contribution in [-0.4, -0.2) is 16.9 Å². The number of carbonyl (C=O) groups excluding carboxylic acids is 2. The van der Waals surface area contributed by atoms with Crippen molar-refractivity contribution in [1.82, 2.24) is 0 Å². The molecule has 4 atom stereocenters. The maximum absolute atomic E-state index is 12.6. The molecule has 1 saturated heterocycles. The first-order valence-corrected chi connectivity index (χ1v) is 7.49. The molecule has 1 aromatic rings. The first-order valence-electron chi connectivity index (χ1n) is 6.73. The van der Waals surface area contributed by atoms with Gasteiger partial charge in [-0.15, -0.1) is 0 Å². The summed E-state index contributed by atoms with van der Waals surface area (Å²) in [5, 5.41) is 9.65. The van der Waals surface area contributed by atoms with Crippen molar-refractivity contribution < 1.29 is 14.7 Å². The van der Waals surface area contributed by atoms with Crippen LogP contribution in [-0.2, 0) is 9.59 Å². The van der Waals surface area contributed by atoms with E-state index in [1.54, 1.807) is 0 Å². The van der Waals surface area contributed by atoms with Gasteiger partial charge in [0.15, 0.2) is 5.75 Å². The van der Waals surface area contributed by atoms with Gasteiger partial charge in [0.25, 0.3) is 0 Å². The molecule has 6 heteroatoms. The van der Waals surface area contributed by atoms with Gasteiger partial charge in [-0.25, -0.2) is 4.90 Å². The molecular weight excluding hydrogens is 313 g/mol. The number of imide groups is 1. The van der Waals surface area contributed by atoms with Gasteiger partial charge in [0, 0.05) is 0 Å². The molecule has 1 saturated carbocycles. The highest BCUT2D eigenvalue weighted by Crippen LogP contribution is 2.53. The number of halogens is 2. The fourth-order valence-corrected chi connectivity index (χ4v) is 4.31. The summed E-state index contributed by atoms with van der Waals surface area (Å²) in [6.45, 7) is 0. The molecule has 1 aromatic carbocycles. The van der Waals surface area contributed by atoms with Crippen molar-refractivity contribution in [2.24, 2.45) is 23.7 Å². The van der Waals surface area contributed by atoms with E-state index in [-0.39, 0.29) is 51.3 Å². The van der Waals surface area contributed by atoms with Gasteiger partial charge in [-0.1, -0.05) is 35.4 Å². The summed E-state index contributed by atoms with van der Waals surface area (Å²) in [6, 6.07) is 2.80. The molecule has 2 aliphatic carbocycles. The Labute approximate surface area is 130 Å². The molecule has 21 heavy (non-hydrogen) atoms. The Morgan fingerprint density at radius 3 is 1.95 bits per heavy atom. The molecule has 0 spiro atoms. The average Bonchev–Trinajstić information content (AvgIpc) is 3.10. The smallest absolute Gasteiger partial charge is 0.238 e. The standard InChI is InChI=1S/C15H11Cl2NO3/c16-9-4-8(5-10(17)13(9)19)18-14(20)11-6-1-2-7(3-6)12(11)15(18)21/h1-2,4-7,11-12,19H,3H2. The Bertz CT molecular complexity index is 662. The third-order valence-electron chi connectivity index (χ3n) is 4.73. The van der Waals surface area contributed by atoms with Crippen LogP contribution < -0.4 is 4.90 Å². The lowest BCUT2D eigenvalue weighted by molar-refractivity contribution is -0.123. The largest absolute Gasteiger partial charge is 0.505 e. The van der Waals surface area contributed by atoms with E-state index in [0.29, 0.717) is 5.69 Å². The van der Waals surface area contributed by atoms with Gasteiger partial charge in [-0.2, -0.15) is 0 Å². The van der Waals surface area contributed by atoms with E-state index in [2.05, 4.69) is 0 Å². The van der Waals surface area contributed by atoms with E-state index < -0.39 is 0 Å². The lowest BCUT2D eigenvalue weighted by Gasteiger charge is -2.18. The monoisotopic (exact) mass is 323 g/mol. The molecule has 2 bridgehead atoms. The fraction of sp³-hybridized carbons (Fsp3) is 0.333. The highest BCUT2D eigenvalue weighted by molar-refractivity contribution is 6.38. The minimum absolute atomic E-state index is 0.0243. The van der Waals surface area contributed by atoms with Crippen molar-refractivity contribution in [2.75, 3.05) is 4.90 Å². The minimum atomic E-state index is -0.265. The zero-order valence-electron chi connectivity index (χ0n) is 10.8. The number of benzene rings is 1. The van der Waals surface area contributed by atoms with Crippen LogP contribution in [0.1, 0.15) is 6.42 Å². The number of allylic oxidation sites excluding steroid dienone is 2. The van der Waals surface area contributed by atoms with Crippen molar-refractivity contribution in [3.8, 4) is 5.75 Å². The molecule has 4 nitrogen and oxygen atoms in total. The molecule has 4 unspecified atom stereocenters. The van der Waals surface area contributed by atoms with Crippen molar-refractivity contribution in [3.63, 3.8) is 0 Å². The summed E-state index contributed by atoms with van der Waals surface area (Å²) in [5.41, 5.74) is 0.326. The molecule has 3 aliphatic rings. The van der Waals surface area contributed by atoms with Crippen LogP contribution in [0.5, 0.6) is 5.75 Å². The van der Waals surface area contributed by atoms with Gasteiger partial charge in [0.05, 0.1) is 27.6 Å². The topological polar surface area (TPSA) is 57.6 Å². The van der Waals surface area contributed by atoms with Gasteiger partial charge in [0.1, 0.15) is 0 Å². The van der Waals surface area contributed by atoms with Crippen molar-refractivity contribution in [1.29, 1.82) is 0 Å². The van der Waals surface area contributed by atoms with Crippen LogP contribution in [0, 0.1) is 23.7 Å². The van der Waals surface area contributed by atoms with Crippen LogP contribution in [0.4, 0.5) is 5.69 Å². The van der Waals surface area contributed by atoms with Crippen LogP contribution in [0.2, 0.25) is 10.0 Å². The second-order valence-electron chi connectivity index (χ2n) is 5.77. The van der Waals surface area contributed by atoms with E-state index >= 15 is 0 Å². The highest BCUT2D eigenvalue weighted by atomic mass is 35.5. The Morgan fingerprint density at radius 1 is 1.00 bits per heavy atom. The summed E-state index contributed by atoms with van der Waals surface area (Å²) in [7, 11) is 0. The maximum atomic E-state index is 12.6. The molecule has 108 valence electrons. The van der Waals surface area contributed by atoms with Gasteiger partial charge in [0.2, 0.25) is 11.8 Å². The summed E-state index contributed by atoms with van der Waals surface area (Å²) in [5.74, 6) is -0.853. The number of hydrogen-bond acceptors (Lipinski definition) is 3. The van der Waals surface area contributed by atoms with Crippen molar-refractivity contribution >= 4 is 40.7 Å². The molecule has 2 amide bonds. The summed E-state index contributed by atoms with van der Waals surface area (Å²) < 4.78 is 0. The SMILES string of the molecule is O=C1C2C3C=CC(C3)C2C(=O)N1c1cc(Cl)c(O)c(Cl)c1. The second-order valence-corrected chi connectivity index (χ2v) is 6.58. The van der Waals surface area contributed by atoms with Crippen LogP contribution in [0.15, 0.2) is 24.3 Å². The number of aromatic hydroxyl groups is 1. The number of rotatable bonds is 1. The number of phenols is 1. The number of hydrogen-bond donors (Lipinski definition) is 1. The lowest BCUT2D eigenvalue weighted by atomic mass is 9.85. The molecule has 1 heterocycles. The molecule has 1 aliphatic heterocycles. The van der Waals surface area contributed by atoms with Crippen LogP contribution >= 0.6 is 23.2 Å². The minimum Gasteiger partial charge on any atom is -0.505 e. The number of nitrogens with zero attached hydrogens (tertiary/aromatic N) is 1. The Morgan fingerprint density at radius 2 is 1.48 bits per heavy atom. The Hall–Kier alpha value is -1.52. The summed E-state index contributed by atoms with van der Waals surface area (Å²) in [6.07, 6.45) is 4.96. The number of amides is 2. The normalized spacial score (nSPS) is 33.1. The van der Waals surface area contributed by atoms with Crippen molar-refractivity contribution in [2.45, 2.75) is 6.42 Å². The third kappa shape index (κ3) is 1.63. The van der Waals surface area contributed by atoms with E-state index in [1.165, 1.54) is 17.0 Å². The molecule has 1 N–H and O–H groups in total. The predicted octanol–water partition coefficient (Wildman–Crippen LogP) is 3.01. The average molecular weight is 324 g/mol. The van der Waals surface area contributed by atoms with Gasteiger partial charge in [-0.05, 0) is 30.4 Å². The quantitative estimate of drug-likeness (QED) is 0.638. The highest BCUT2D eigenvalue weighted by Gasteiger charge is 2.59. The number of carbonyl (C=O) groups is 2. The second kappa shape index (κ2) is 4.24. The van der Waals surface area contributed by atoms with E-state index in [9.17, 15) is 14.7 Å². The lowest BCUT2D eigenvalue weighted by Crippen LogP contribution is -2.32. The van der Waals surface area contributed by atoms with Gasteiger partial charge < -0.3 is 5.11 Å². The number of fused-ring (bicyclic) bond motifs is 5. The maximum Gasteiger partial charge on any atom is 0.238 e. The molecule has 0 aromatic heterocycles. The third-order valence-corrected chi connectivity index (χ3v) is 5.31. The van der Waals surface area contributed by atoms with Gasteiger partial charge >= 0.3 is 0 Å². The number of phenolic OH excluding ortho intramolecular Hbond substituents is 1. The zero-order valence-corrected chi connectivity index (χ0v) is 12.3. The Balaban J connectivity index is 1.78. The predicted molar refractivity (Wildman–Crippen MR) is 78.3 cm³/mol. The molecule has 0 radical (unpaired) electrons. The van der Waals surface area contributed by atoms with Gasteiger partial charge in [-0.3, -0.25) is 9.59 Å². The van der Waals surface area contributed by atoms with Crippen LogP contribution in [0.3, 0.4) is 0 Å². The molecule has 2 fully saturated rings. The summed E-state index contributed by atoms with van der Waals surface area (Å²) >= 11 is 11.8. The van der Waals surface area contributed by atoms with E-state index in [4.69, 9.17) is 23.2 Å². The van der Waals surface area contributed by atoms with Crippen molar-refractivity contribution in [3.05, 3.63) is 34.3 Å². The molecule has 4 rings (SSSR count). The molecular formula is C15H11Cl2NO3. The van der Waals surface area contributed by atoms with E-state index in [1.807, 2.05) is 12.2 Å². The van der Waals surface area contributed by atoms with E-state index in [0.717, 1.165) is 6.42 Å². The fourth-order valence-electron chi connectivity index (χ4n) is 3.84. The zero-order chi connectivity index (χ0) is 14.9. The first kappa shape index (κ1) is 13.2. The van der Waals surface area contributed by atoms with Crippen LogP contribution in [0.25, 0.3) is 0 Å².